The number of para-hydroxylation sites is 1. The Kier molecular flexibility index (Phi) is 2.12. The molecular formula is C12H11BO3. The lowest BCUT2D eigenvalue weighted by atomic mass is 9.73. The fraction of sp³-hybridized carbons (Fsp3) is 0.167. The summed E-state index contributed by atoms with van der Waals surface area (Å²) in [4.78, 5) is 0. The normalized spacial score (nSPS) is 21.5. The molecule has 0 fully saturated rings. The third kappa shape index (κ3) is 1.31. The minimum Gasteiger partial charge on any atom is -0.461 e. The van der Waals surface area contributed by atoms with Crippen molar-refractivity contribution >= 4 is 7.12 Å². The van der Waals surface area contributed by atoms with E-state index >= 15 is 0 Å². The molecule has 0 spiro atoms. The predicted octanol–water partition coefficient (Wildman–Crippen LogP) is 1.39. The first-order valence-electron chi connectivity index (χ1n) is 5.31. The lowest BCUT2D eigenvalue weighted by molar-refractivity contribution is 0.396. The number of ether oxygens (including phenoxy) is 1. The first-order valence-corrected chi connectivity index (χ1v) is 5.31. The summed E-state index contributed by atoms with van der Waals surface area (Å²) in [5.41, 5.74) is 1.59. The molecular weight excluding hydrogens is 203 g/mol. The molecule has 1 aromatic carbocycles. The zero-order chi connectivity index (χ0) is 11.1. The van der Waals surface area contributed by atoms with Crippen LogP contribution >= 0.6 is 0 Å². The van der Waals surface area contributed by atoms with Gasteiger partial charge in [-0.1, -0.05) is 30.4 Å². The molecule has 1 heterocycles. The molecule has 16 heavy (non-hydrogen) atoms. The number of hydrogen-bond acceptors (Lipinski definition) is 3. The van der Waals surface area contributed by atoms with Crippen LogP contribution in [0, 0.1) is 0 Å². The van der Waals surface area contributed by atoms with Gasteiger partial charge in [-0.3, -0.25) is 0 Å². The van der Waals surface area contributed by atoms with Crippen LogP contribution in [0.1, 0.15) is 17.9 Å². The van der Waals surface area contributed by atoms with Gasteiger partial charge in [-0.25, -0.2) is 0 Å². The van der Waals surface area contributed by atoms with E-state index in [2.05, 4.69) is 0 Å². The molecule has 1 unspecified atom stereocenters. The van der Waals surface area contributed by atoms with Crippen LogP contribution in [-0.2, 0) is 0 Å². The average molecular weight is 214 g/mol. The molecule has 1 aromatic rings. The fourth-order valence-electron chi connectivity index (χ4n) is 2.31. The van der Waals surface area contributed by atoms with E-state index in [1.54, 1.807) is 6.08 Å². The Labute approximate surface area is 93.8 Å². The highest BCUT2D eigenvalue weighted by atomic mass is 16.5. The van der Waals surface area contributed by atoms with Gasteiger partial charge < -0.3 is 14.8 Å². The van der Waals surface area contributed by atoms with Crippen molar-refractivity contribution in [2.24, 2.45) is 0 Å². The zero-order valence-corrected chi connectivity index (χ0v) is 8.63. The van der Waals surface area contributed by atoms with Gasteiger partial charge in [-0.05, 0) is 12.5 Å². The van der Waals surface area contributed by atoms with Gasteiger partial charge in [-0.2, -0.15) is 0 Å². The SMILES string of the molecule is OB(O)C1=C2Oc3ccccc3C2CC=C1. The molecule has 3 rings (SSSR count). The zero-order valence-electron chi connectivity index (χ0n) is 8.63. The lowest BCUT2D eigenvalue weighted by Crippen LogP contribution is -2.20. The Balaban J connectivity index is 2.11. The van der Waals surface area contributed by atoms with Crippen LogP contribution in [0.15, 0.2) is 47.6 Å². The van der Waals surface area contributed by atoms with Crippen LogP contribution in [0.2, 0.25) is 0 Å². The molecule has 0 bridgehead atoms. The van der Waals surface area contributed by atoms with Crippen molar-refractivity contribution in [2.75, 3.05) is 0 Å². The fourth-order valence-corrected chi connectivity index (χ4v) is 2.31. The van der Waals surface area contributed by atoms with Crippen LogP contribution in [0.3, 0.4) is 0 Å². The van der Waals surface area contributed by atoms with Crippen LogP contribution in [-0.4, -0.2) is 17.2 Å². The van der Waals surface area contributed by atoms with E-state index in [9.17, 15) is 10.0 Å². The second-order valence-corrected chi connectivity index (χ2v) is 4.02. The molecule has 0 aromatic heterocycles. The topological polar surface area (TPSA) is 49.7 Å². The standard InChI is InChI=1S/C12H11BO3/c14-13(15)10-6-3-5-9-8-4-1-2-7-11(8)16-12(9)10/h1-4,6-7,9,14-15H,5H2. The quantitative estimate of drug-likeness (QED) is 0.694. The van der Waals surface area contributed by atoms with Gasteiger partial charge in [0.2, 0.25) is 0 Å². The van der Waals surface area contributed by atoms with E-state index in [1.165, 1.54) is 0 Å². The highest BCUT2D eigenvalue weighted by Gasteiger charge is 2.35. The smallest absolute Gasteiger partial charge is 0.461 e. The Hall–Kier alpha value is -1.52. The van der Waals surface area contributed by atoms with Gasteiger partial charge in [0.15, 0.2) is 0 Å². The van der Waals surface area contributed by atoms with Crippen LogP contribution in [0.4, 0.5) is 0 Å². The number of benzene rings is 1. The van der Waals surface area contributed by atoms with Crippen LogP contribution in [0.25, 0.3) is 0 Å². The van der Waals surface area contributed by atoms with E-state index in [1.807, 2.05) is 30.3 Å². The minimum atomic E-state index is -1.47. The summed E-state index contributed by atoms with van der Waals surface area (Å²) < 4.78 is 5.69. The summed E-state index contributed by atoms with van der Waals surface area (Å²) in [6.07, 6.45) is 4.53. The maximum absolute atomic E-state index is 9.27. The third-order valence-electron chi connectivity index (χ3n) is 3.06. The minimum absolute atomic E-state index is 0.137. The Morgan fingerprint density at radius 2 is 2.06 bits per heavy atom. The molecule has 2 aliphatic rings. The first kappa shape index (κ1) is 9.69. The lowest BCUT2D eigenvalue weighted by Gasteiger charge is -2.16. The van der Waals surface area contributed by atoms with Gasteiger partial charge in [0.1, 0.15) is 11.5 Å². The molecule has 0 amide bonds. The van der Waals surface area contributed by atoms with Crippen molar-refractivity contribution in [1.29, 1.82) is 0 Å². The average Bonchev–Trinajstić information content (AvgIpc) is 2.67. The Bertz CT molecular complexity index is 491. The molecule has 1 aliphatic heterocycles. The molecule has 3 nitrogen and oxygen atoms in total. The molecule has 4 heteroatoms. The largest absolute Gasteiger partial charge is 0.491 e. The van der Waals surface area contributed by atoms with Crippen molar-refractivity contribution in [1.82, 2.24) is 0 Å². The van der Waals surface area contributed by atoms with Crippen molar-refractivity contribution in [2.45, 2.75) is 12.3 Å². The molecule has 1 aliphatic carbocycles. The van der Waals surface area contributed by atoms with Crippen molar-refractivity contribution < 1.29 is 14.8 Å². The second-order valence-electron chi connectivity index (χ2n) is 4.02. The number of rotatable bonds is 1. The molecule has 1 atom stereocenters. The summed E-state index contributed by atoms with van der Waals surface area (Å²) in [6.45, 7) is 0. The molecule has 0 saturated carbocycles. The number of hydrogen-bond donors (Lipinski definition) is 2. The van der Waals surface area contributed by atoms with E-state index in [0.29, 0.717) is 11.2 Å². The summed E-state index contributed by atoms with van der Waals surface area (Å²) in [6, 6.07) is 7.81. The molecule has 80 valence electrons. The van der Waals surface area contributed by atoms with Crippen molar-refractivity contribution in [3.05, 3.63) is 53.2 Å². The van der Waals surface area contributed by atoms with E-state index in [0.717, 1.165) is 17.7 Å². The summed E-state index contributed by atoms with van der Waals surface area (Å²) in [7, 11) is -1.47. The predicted molar refractivity (Wildman–Crippen MR) is 60.8 cm³/mol. The highest BCUT2D eigenvalue weighted by molar-refractivity contribution is 6.52. The first-order chi connectivity index (χ1) is 7.77. The highest BCUT2D eigenvalue weighted by Crippen LogP contribution is 2.45. The maximum Gasteiger partial charge on any atom is 0.491 e. The third-order valence-corrected chi connectivity index (χ3v) is 3.06. The van der Waals surface area contributed by atoms with E-state index < -0.39 is 7.12 Å². The molecule has 0 saturated heterocycles. The molecule has 2 N–H and O–H groups in total. The van der Waals surface area contributed by atoms with Crippen LogP contribution in [0.5, 0.6) is 5.75 Å². The number of allylic oxidation sites excluding steroid dienone is 4. The molecule has 0 radical (unpaired) electrons. The Morgan fingerprint density at radius 3 is 2.88 bits per heavy atom. The van der Waals surface area contributed by atoms with Gasteiger partial charge >= 0.3 is 7.12 Å². The monoisotopic (exact) mass is 214 g/mol. The number of fused-ring (bicyclic) bond motifs is 3. The second kappa shape index (κ2) is 3.51. The van der Waals surface area contributed by atoms with E-state index in [-0.39, 0.29) is 5.92 Å². The Morgan fingerprint density at radius 1 is 1.25 bits per heavy atom. The van der Waals surface area contributed by atoms with Gasteiger partial charge in [0, 0.05) is 17.0 Å². The van der Waals surface area contributed by atoms with Crippen LogP contribution < -0.4 is 4.74 Å². The van der Waals surface area contributed by atoms with Crippen molar-refractivity contribution in [3.63, 3.8) is 0 Å². The summed E-state index contributed by atoms with van der Waals surface area (Å²) in [5.74, 6) is 1.64. The summed E-state index contributed by atoms with van der Waals surface area (Å²) >= 11 is 0. The summed E-state index contributed by atoms with van der Waals surface area (Å²) in [5, 5.41) is 18.5. The van der Waals surface area contributed by atoms with Gasteiger partial charge in [0.25, 0.3) is 0 Å². The maximum atomic E-state index is 9.27. The van der Waals surface area contributed by atoms with Crippen molar-refractivity contribution in [3.8, 4) is 5.75 Å². The van der Waals surface area contributed by atoms with Gasteiger partial charge in [0.05, 0.1) is 0 Å². The van der Waals surface area contributed by atoms with Gasteiger partial charge in [-0.15, -0.1) is 0 Å². The van der Waals surface area contributed by atoms with E-state index in [4.69, 9.17) is 4.74 Å².